The number of carboxylic acid groups (broad SMARTS) is 1. The molecule has 4 rings (SSSR count). The number of aryl methyl sites for hydroxylation is 1. The minimum Gasteiger partial charge on any atom is -0.493 e. The largest absolute Gasteiger partial charge is 0.493 e. The molecular formula is C28H36FNO6. The molecule has 0 amide bonds. The van der Waals surface area contributed by atoms with Crippen molar-refractivity contribution < 1.29 is 33.6 Å². The first-order chi connectivity index (χ1) is 17.3. The summed E-state index contributed by atoms with van der Waals surface area (Å²) in [6.07, 6.45) is 4.25. The summed E-state index contributed by atoms with van der Waals surface area (Å²) in [5.41, 5.74) is 2.41. The van der Waals surface area contributed by atoms with Crippen LogP contribution in [0.3, 0.4) is 0 Å². The summed E-state index contributed by atoms with van der Waals surface area (Å²) in [6.45, 7) is 4.42. The lowest BCUT2D eigenvalue weighted by molar-refractivity contribution is -0.145. The molecule has 0 spiro atoms. The van der Waals surface area contributed by atoms with Crippen molar-refractivity contribution in [1.82, 2.24) is 0 Å². The van der Waals surface area contributed by atoms with Crippen LogP contribution in [0.1, 0.15) is 68.2 Å². The van der Waals surface area contributed by atoms with E-state index >= 15 is 4.39 Å². The molecule has 196 valence electrons. The number of halogens is 1. The van der Waals surface area contributed by atoms with E-state index < -0.39 is 23.4 Å². The average Bonchev–Trinajstić information content (AvgIpc) is 3.38. The molecule has 8 heteroatoms. The van der Waals surface area contributed by atoms with Crippen LogP contribution in [-0.4, -0.2) is 48.1 Å². The standard InChI is InChI=1S/C28H36FNO6/c1-17-14-23(25(29)26(34-3)24(17)18(2)31)22-9-8-20(15-19(22)16-36-21-6-4-5-7-21)30-28(27(32)33)10-12-35-13-11-28/h8-9,14-15,18,21,30-31H,4-7,10-13,16H2,1-3H3,(H,32,33). The first-order valence-corrected chi connectivity index (χ1v) is 12.6. The van der Waals surface area contributed by atoms with E-state index in [0.717, 1.165) is 36.8 Å². The van der Waals surface area contributed by atoms with Gasteiger partial charge in [0.15, 0.2) is 11.6 Å². The van der Waals surface area contributed by atoms with Crippen molar-refractivity contribution in [2.75, 3.05) is 25.6 Å². The van der Waals surface area contributed by atoms with E-state index in [1.54, 1.807) is 25.1 Å². The lowest BCUT2D eigenvalue weighted by atomic mass is 9.89. The van der Waals surface area contributed by atoms with E-state index in [9.17, 15) is 15.0 Å². The van der Waals surface area contributed by atoms with Crippen LogP contribution < -0.4 is 10.1 Å². The number of hydrogen-bond acceptors (Lipinski definition) is 6. The van der Waals surface area contributed by atoms with Gasteiger partial charge >= 0.3 is 5.97 Å². The van der Waals surface area contributed by atoms with E-state index in [-0.39, 0.29) is 18.5 Å². The highest BCUT2D eigenvalue weighted by Gasteiger charge is 2.40. The summed E-state index contributed by atoms with van der Waals surface area (Å²) < 4.78 is 32.7. The monoisotopic (exact) mass is 501 g/mol. The lowest BCUT2D eigenvalue weighted by Gasteiger charge is -2.35. The molecule has 2 aromatic carbocycles. The van der Waals surface area contributed by atoms with E-state index in [4.69, 9.17) is 14.2 Å². The maximum absolute atomic E-state index is 15.7. The van der Waals surface area contributed by atoms with E-state index in [0.29, 0.717) is 48.4 Å². The number of nitrogens with one attached hydrogen (secondary N) is 1. The summed E-state index contributed by atoms with van der Waals surface area (Å²) in [5, 5.41) is 23.4. The first-order valence-electron chi connectivity index (χ1n) is 12.6. The molecule has 2 aliphatic rings. The Balaban J connectivity index is 1.75. The molecular weight excluding hydrogens is 465 g/mol. The van der Waals surface area contributed by atoms with Crippen LogP contribution in [0.4, 0.5) is 10.1 Å². The second kappa shape index (κ2) is 11.2. The molecule has 1 atom stereocenters. The molecule has 2 fully saturated rings. The number of aliphatic hydroxyl groups excluding tert-OH is 1. The number of ether oxygens (including phenoxy) is 3. The number of rotatable bonds is 9. The van der Waals surface area contributed by atoms with Gasteiger partial charge in [0.1, 0.15) is 5.54 Å². The van der Waals surface area contributed by atoms with Crippen molar-refractivity contribution in [3.8, 4) is 16.9 Å². The van der Waals surface area contributed by atoms with Crippen molar-refractivity contribution in [2.24, 2.45) is 0 Å². The number of anilines is 1. The summed E-state index contributed by atoms with van der Waals surface area (Å²) in [7, 11) is 1.39. The van der Waals surface area contributed by atoms with Crippen LogP contribution in [0.15, 0.2) is 24.3 Å². The van der Waals surface area contributed by atoms with E-state index in [1.165, 1.54) is 7.11 Å². The van der Waals surface area contributed by atoms with Gasteiger partial charge in [-0.05, 0) is 61.6 Å². The highest BCUT2D eigenvalue weighted by molar-refractivity contribution is 5.83. The first kappa shape index (κ1) is 26.4. The van der Waals surface area contributed by atoms with Crippen molar-refractivity contribution in [1.29, 1.82) is 0 Å². The third-order valence-corrected chi connectivity index (χ3v) is 7.40. The second-order valence-corrected chi connectivity index (χ2v) is 9.89. The molecule has 0 aromatic heterocycles. The molecule has 1 saturated carbocycles. The maximum Gasteiger partial charge on any atom is 0.329 e. The highest BCUT2D eigenvalue weighted by Crippen LogP contribution is 2.40. The molecule has 7 nitrogen and oxygen atoms in total. The Morgan fingerprint density at radius 2 is 1.92 bits per heavy atom. The second-order valence-electron chi connectivity index (χ2n) is 9.89. The van der Waals surface area contributed by atoms with Crippen molar-refractivity contribution in [3.63, 3.8) is 0 Å². The van der Waals surface area contributed by atoms with Gasteiger partial charge in [0, 0.05) is 42.9 Å². The van der Waals surface area contributed by atoms with Gasteiger partial charge in [0.25, 0.3) is 0 Å². The number of benzene rings is 2. The molecule has 0 bridgehead atoms. The van der Waals surface area contributed by atoms with Gasteiger partial charge < -0.3 is 29.7 Å². The van der Waals surface area contributed by atoms with Gasteiger partial charge in [-0.15, -0.1) is 0 Å². The quantitative estimate of drug-likeness (QED) is 0.425. The predicted octanol–water partition coefficient (Wildman–Crippen LogP) is 5.37. The fourth-order valence-corrected chi connectivity index (χ4v) is 5.40. The Morgan fingerprint density at radius 1 is 1.22 bits per heavy atom. The molecule has 3 N–H and O–H groups in total. The van der Waals surface area contributed by atoms with Crippen molar-refractivity contribution in [2.45, 2.75) is 76.7 Å². The summed E-state index contributed by atoms with van der Waals surface area (Å²) in [4.78, 5) is 12.2. The minimum atomic E-state index is -1.12. The number of carbonyl (C=O) groups is 1. The normalized spacial score (nSPS) is 18.7. The summed E-state index contributed by atoms with van der Waals surface area (Å²) >= 11 is 0. The molecule has 1 unspecified atom stereocenters. The van der Waals surface area contributed by atoms with Gasteiger partial charge in [-0.1, -0.05) is 18.9 Å². The number of hydrogen-bond donors (Lipinski definition) is 3. The number of methoxy groups -OCH3 is 1. The topological polar surface area (TPSA) is 97.3 Å². The van der Waals surface area contributed by atoms with Crippen molar-refractivity contribution in [3.05, 3.63) is 46.8 Å². The van der Waals surface area contributed by atoms with Crippen molar-refractivity contribution >= 4 is 11.7 Å². The Labute approximate surface area is 211 Å². The molecule has 1 aliphatic carbocycles. The van der Waals surface area contributed by atoms with Crippen LogP contribution in [0.5, 0.6) is 5.75 Å². The average molecular weight is 502 g/mol. The van der Waals surface area contributed by atoms with E-state index in [2.05, 4.69) is 5.32 Å². The molecule has 1 saturated heterocycles. The summed E-state index contributed by atoms with van der Waals surface area (Å²) in [6, 6.07) is 7.15. The third-order valence-electron chi connectivity index (χ3n) is 7.40. The maximum atomic E-state index is 15.7. The van der Waals surface area contributed by atoms with Crippen LogP contribution >= 0.6 is 0 Å². The fourth-order valence-electron chi connectivity index (χ4n) is 5.40. The molecule has 1 aliphatic heterocycles. The predicted molar refractivity (Wildman–Crippen MR) is 135 cm³/mol. The van der Waals surface area contributed by atoms with Gasteiger partial charge in [-0.25, -0.2) is 9.18 Å². The zero-order chi connectivity index (χ0) is 25.9. The molecule has 0 radical (unpaired) electrons. The Morgan fingerprint density at radius 3 is 2.53 bits per heavy atom. The Hall–Kier alpha value is -2.68. The van der Waals surface area contributed by atoms with Gasteiger partial charge in [-0.2, -0.15) is 0 Å². The molecule has 36 heavy (non-hydrogen) atoms. The smallest absolute Gasteiger partial charge is 0.329 e. The third kappa shape index (κ3) is 5.36. The minimum absolute atomic E-state index is 0.0249. The number of aliphatic hydroxyl groups is 1. The molecule has 1 heterocycles. The van der Waals surface area contributed by atoms with Crippen LogP contribution in [0.25, 0.3) is 11.1 Å². The summed E-state index contributed by atoms with van der Waals surface area (Å²) in [5.74, 6) is -1.44. The van der Waals surface area contributed by atoms with Gasteiger partial charge in [0.05, 0.1) is 25.9 Å². The number of carboxylic acids is 1. The lowest BCUT2D eigenvalue weighted by Crippen LogP contribution is -2.50. The highest BCUT2D eigenvalue weighted by atomic mass is 19.1. The molecule has 2 aromatic rings. The van der Waals surface area contributed by atoms with Gasteiger partial charge in [-0.3, -0.25) is 0 Å². The fraction of sp³-hybridized carbons (Fsp3) is 0.536. The van der Waals surface area contributed by atoms with Gasteiger partial charge in [0.2, 0.25) is 0 Å². The SMILES string of the molecule is COc1c(F)c(-c2ccc(NC3(C(=O)O)CCOCC3)cc2COC2CCCC2)cc(C)c1C(C)O. The zero-order valence-electron chi connectivity index (χ0n) is 21.2. The zero-order valence-corrected chi connectivity index (χ0v) is 21.2. The Kier molecular flexibility index (Phi) is 8.17. The van der Waals surface area contributed by atoms with E-state index in [1.807, 2.05) is 13.0 Å². The van der Waals surface area contributed by atoms with Crippen LogP contribution in [0.2, 0.25) is 0 Å². The number of aliphatic carboxylic acids is 1. The van der Waals surface area contributed by atoms with Crippen LogP contribution in [-0.2, 0) is 20.9 Å². The Bertz CT molecular complexity index is 1090. The van der Waals surface area contributed by atoms with Crippen LogP contribution in [0, 0.1) is 12.7 Å².